The first-order valence-electron chi connectivity index (χ1n) is 7.23. The molecule has 2 heteroatoms. The zero-order chi connectivity index (χ0) is 11.9. The monoisotopic (exact) mass is 305 g/mol. The Bertz CT molecular complexity index is 137. The van der Waals surface area contributed by atoms with E-state index in [9.17, 15) is 0 Å². The molecule has 0 amide bonds. The lowest BCUT2D eigenvalue weighted by Crippen LogP contribution is -2.14. The quantitative estimate of drug-likeness (QED) is 0.361. The molecule has 0 rings (SSSR count). The van der Waals surface area contributed by atoms with Crippen molar-refractivity contribution >= 4 is 17.0 Å². The summed E-state index contributed by atoms with van der Waals surface area (Å²) < 4.78 is 0. The van der Waals surface area contributed by atoms with E-state index >= 15 is 0 Å². The molecular formula is C15H32BrN. The van der Waals surface area contributed by atoms with Crippen molar-refractivity contribution in [3.05, 3.63) is 12.7 Å². The van der Waals surface area contributed by atoms with E-state index in [1.54, 1.807) is 0 Å². The van der Waals surface area contributed by atoms with Crippen molar-refractivity contribution in [2.24, 2.45) is 0 Å². The van der Waals surface area contributed by atoms with Gasteiger partial charge in [0.1, 0.15) is 0 Å². The van der Waals surface area contributed by atoms with E-state index in [1.807, 2.05) is 6.08 Å². The van der Waals surface area contributed by atoms with Crippen molar-refractivity contribution in [1.29, 1.82) is 0 Å². The standard InChI is InChI=1S/C15H31N.BrH/c1-3-5-6-7-8-9-10-11-12-13-15-16-14-4-2;/h4,16H,2-3,5-15H2,1H3;1H. The lowest BCUT2D eigenvalue weighted by atomic mass is 10.1. The summed E-state index contributed by atoms with van der Waals surface area (Å²) in [6, 6.07) is 0. The predicted octanol–water partition coefficient (Wildman–Crippen LogP) is 5.26. The molecule has 0 aliphatic carbocycles. The second-order valence-corrected chi connectivity index (χ2v) is 4.67. The van der Waals surface area contributed by atoms with Gasteiger partial charge in [-0.3, -0.25) is 0 Å². The van der Waals surface area contributed by atoms with Crippen molar-refractivity contribution in [2.45, 2.75) is 71.1 Å². The molecule has 0 aliphatic heterocycles. The molecule has 0 bridgehead atoms. The number of hydrogen-bond donors (Lipinski definition) is 1. The van der Waals surface area contributed by atoms with Crippen LogP contribution in [0, 0.1) is 0 Å². The molecule has 0 fully saturated rings. The van der Waals surface area contributed by atoms with Gasteiger partial charge < -0.3 is 5.32 Å². The Labute approximate surface area is 119 Å². The molecule has 0 unspecified atom stereocenters. The third-order valence-electron chi connectivity index (χ3n) is 3.00. The second-order valence-electron chi connectivity index (χ2n) is 4.67. The van der Waals surface area contributed by atoms with Gasteiger partial charge in [-0.2, -0.15) is 0 Å². The van der Waals surface area contributed by atoms with Crippen LogP contribution in [-0.4, -0.2) is 13.1 Å². The molecule has 0 aliphatic rings. The average molecular weight is 306 g/mol. The van der Waals surface area contributed by atoms with Crippen LogP contribution < -0.4 is 5.32 Å². The SMILES string of the molecule is Br.C=CCNCCCCCCCCCCCC. The first kappa shape index (κ1) is 19.5. The Morgan fingerprint density at radius 1 is 0.824 bits per heavy atom. The van der Waals surface area contributed by atoms with E-state index in [-0.39, 0.29) is 17.0 Å². The number of rotatable bonds is 13. The summed E-state index contributed by atoms with van der Waals surface area (Å²) >= 11 is 0. The molecule has 0 saturated carbocycles. The fourth-order valence-corrected chi connectivity index (χ4v) is 1.94. The van der Waals surface area contributed by atoms with Crippen LogP contribution in [0.3, 0.4) is 0 Å². The van der Waals surface area contributed by atoms with E-state index in [0.29, 0.717) is 0 Å². The zero-order valence-corrected chi connectivity index (χ0v) is 13.4. The molecule has 0 heterocycles. The Kier molecular flexibility index (Phi) is 21.3. The molecule has 1 N–H and O–H groups in total. The van der Waals surface area contributed by atoms with E-state index in [4.69, 9.17) is 0 Å². The van der Waals surface area contributed by atoms with Crippen LogP contribution in [0.15, 0.2) is 12.7 Å². The number of hydrogen-bond acceptors (Lipinski definition) is 1. The minimum atomic E-state index is 0. The maximum atomic E-state index is 3.69. The molecule has 17 heavy (non-hydrogen) atoms. The van der Waals surface area contributed by atoms with E-state index in [1.165, 1.54) is 64.2 Å². The van der Waals surface area contributed by atoms with Crippen LogP contribution in [0.25, 0.3) is 0 Å². The number of halogens is 1. The molecule has 0 aromatic carbocycles. The van der Waals surface area contributed by atoms with Gasteiger partial charge in [0.2, 0.25) is 0 Å². The number of nitrogens with one attached hydrogen (secondary N) is 1. The first-order valence-corrected chi connectivity index (χ1v) is 7.23. The smallest absolute Gasteiger partial charge is 0.0132 e. The Morgan fingerprint density at radius 3 is 1.76 bits per heavy atom. The van der Waals surface area contributed by atoms with Crippen LogP contribution in [0.1, 0.15) is 71.1 Å². The molecule has 0 spiro atoms. The highest BCUT2D eigenvalue weighted by Crippen LogP contribution is 2.10. The van der Waals surface area contributed by atoms with Gasteiger partial charge in [-0.25, -0.2) is 0 Å². The highest BCUT2D eigenvalue weighted by molar-refractivity contribution is 8.93. The van der Waals surface area contributed by atoms with Gasteiger partial charge in [-0.05, 0) is 13.0 Å². The number of unbranched alkanes of at least 4 members (excludes halogenated alkanes) is 9. The molecule has 0 radical (unpaired) electrons. The summed E-state index contributed by atoms with van der Waals surface area (Å²) in [5.74, 6) is 0. The molecule has 0 saturated heterocycles. The summed E-state index contributed by atoms with van der Waals surface area (Å²) in [5, 5.41) is 3.34. The van der Waals surface area contributed by atoms with Gasteiger partial charge in [0.05, 0.1) is 0 Å². The zero-order valence-electron chi connectivity index (χ0n) is 11.7. The minimum Gasteiger partial charge on any atom is -0.313 e. The molecular weight excluding hydrogens is 274 g/mol. The van der Waals surface area contributed by atoms with E-state index in [0.717, 1.165) is 13.1 Å². The molecule has 104 valence electrons. The van der Waals surface area contributed by atoms with Gasteiger partial charge >= 0.3 is 0 Å². The maximum Gasteiger partial charge on any atom is 0.0132 e. The maximum absolute atomic E-state index is 3.69. The first-order chi connectivity index (χ1) is 7.91. The summed E-state index contributed by atoms with van der Waals surface area (Å²) in [6.07, 6.45) is 16.1. The van der Waals surface area contributed by atoms with Crippen molar-refractivity contribution in [2.75, 3.05) is 13.1 Å². The van der Waals surface area contributed by atoms with Crippen molar-refractivity contribution in [3.8, 4) is 0 Å². The predicted molar refractivity (Wildman–Crippen MR) is 85.2 cm³/mol. The fourth-order valence-electron chi connectivity index (χ4n) is 1.94. The lowest BCUT2D eigenvalue weighted by Gasteiger charge is -2.03. The van der Waals surface area contributed by atoms with Gasteiger partial charge in [-0.15, -0.1) is 23.6 Å². The van der Waals surface area contributed by atoms with Gasteiger partial charge in [0, 0.05) is 6.54 Å². The minimum absolute atomic E-state index is 0. The normalized spacial score (nSPS) is 9.94. The summed E-state index contributed by atoms with van der Waals surface area (Å²) in [5.41, 5.74) is 0. The topological polar surface area (TPSA) is 12.0 Å². The van der Waals surface area contributed by atoms with Gasteiger partial charge in [0.15, 0.2) is 0 Å². The summed E-state index contributed by atoms with van der Waals surface area (Å²) in [4.78, 5) is 0. The van der Waals surface area contributed by atoms with Crippen molar-refractivity contribution in [3.63, 3.8) is 0 Å². The van der Waals surface area contributed by atoms with Crippen molar-refractivity contribution in [1.82, 2.24) is 5.32 Å². The lowest BCUT2D eigenvalue weighted by molar-refractivity contribution is 0.549. The average Bonchev–Trinajstić information content (AvgIpc) is 2.31. The van der Waals surface area contributed by atoms with E-state index in [2.05, 4.69) is 18.8 Å². The van der Waals surface area contributed by atoms with Crippen LogP contribution in [0.2, 0.25) is 0 Å². The summed E-state index contributed by atoms with van der Waals surface area (Å²) in [7, 11) is 0. The summed E-state index contributed by atoms with van der Waals surface area (Å²) in [6.45, 7) is 8.08. The Morgan fingerprint density at radius 2 is 1.29 bits per heavy atom. The molecule has 0 aromatic rings. The van der Waals surface area contributed by atoms with Crippen LogP contribution in [-0.2, 0) is 0 Å². The second kappa shape index (κ2) is 18.5. The largest absolute Gasteiger partial charge is 0.313 e. The Balaban J connectivity index is 0. The van der Waals surface area contributed by atoms with Crippen molar-refractivity contribution < 1.29 is 0 Å². The van der Waals surface area contributed by atoms with Gasteiger partial charge in [0.25, 0.3) is 0 Å². The third kappa shape index (κ3) is 18.7. The highest BCUT2D eigenvalue weighted by Gasteiger charge is 1.92. The molecule has 0 atom stereocenters. The molecule has 0 aromatic heterocycles. The van der Waals surface area contributed by atoms with E-state index < -0.39 is 0 Å². The Hall–Kier alpha value is 0.180. The highest BCUT2D eigenvalue weighted by atomic mass is 79.9. The van der Waals surface area contributed by atoms with Gasteiger partial charge in [-0.1, -0.05) is 70.8 Å². The molecule has 1 nitrogen and oxygen atoms in total. The third-order valence-corrected chi connectivity index (χ3v) is 3.00. The van der Waals surface area contributed by atoms with Crippen LogP contribution >= 0.6 is 17.0 Å². The van der Waals surface area contributed by atoms with Crippen LogP contribution in [0.4, 0.5) is 0 Å². The fraction of sp³-hybridized carbons (Fsp3) is 0.867. The van der Waals surface area contributed by atoms with Crippen LogP contribution in [0.5, 0.6) is 0 Å².